The Morgan fingerprint density at radius 1 is 1.17 bits per heavy atom. The zero-order valence-electron chi connectivity index (χ0n) is 13.5. The fourth-order valence-corrected chi connectivity index (χ4v) is 2.90. The van der Waals surface area contributed by atoms with Crippen molar-refractivity contribution in [3.8, 4) is 0 Å². The lowest BCUT2D eigenvalue weighted by Crippen LogP contribution is -2.49. The second-order valence-electron chi connectivity index (χ2n) is 6.00. The number of amides is 1. The molecule has 3 rings (SSSR count). The molecule has 0 aromatic heterocycles. The van der Waals surface area contributed by atoms with Gasteiger partial charge < -0.3 is 5.32 Å². The van der Waals surface area contributed by atoms with E-state index in [4.69, 9.17) is 0 Å². The van der Waals surface area contributed by atoms with Crippen LogP contribution in [0.25, 0.3) is 0 Å². The highest BCUT2D eigenvalue weighted by molar-refractivity contribution is 6.09. The standard InChI is InChI=1S/C19H20N2O2/c1-12-9-10-17-16(11-12)20-18(15-7-5-4-6-8-15)19(23)21(17)13(2)14(3)22/h4-11,13,18,20H,1-3H3. The number of fused-ring (bicyclic) bond motifs is 1. The van der Waals surface area contributed by atoms with Crippen molar-refractivity contribution >= 4 is 23.1 Å². The molecule has 0 aliphatic carbocycles. The Morgan fingerprint density at radius 2 is 1.87 bits per heavy atom. The first kappa shape index (κ1) is 15.3. The third-order valence-electron chi connectivity index (χ3n) is 4.30. The van der Waals surface area contributed by atoms with Crippen molar-refractivity contribution < 1.29 is 9.59 Å². The fraction of sp³-hybridized carbons (Fsp3) is 0.263. The average molecular weight is 308 g/mol. The van der Waals surface area contributed by atoms with E-state index in [-0.39, 0.29) is 11.7 Å². The minimum atomic E-state index is -0.489. The van der Waals surface area contributed by atoms with Crippen LogP contribution in [0.3, 0.4) is 0 Å². The molecule has 2 aromatic carbocycles. The van der Waals surface area contributed by atoms with E-state index < -0.39 is 12.1 Å². The first-order chi connectivity index (χ1) is 11.0. The summed E-state index contributed by atoms with van der Waals surface area (Å²) in [6.07, 6.45) is 0. The smallest absolute Gasteiger partial charge is 0.254 e. The number of carbonyl (C=O) groups is 2. The molecule has 2 atom stereocenters. The predicted octanol–water partition coefficient (Wildman–Crippen LogP) is 3.47. The third-order valence-corrected chi connectivity index (χ3v) is 4.30. The van der Waals surface area contributed by atoms with Gasteiger partial charge >= 0.3 is 0 Å². The molecule has 0 saturated carbocycles. The molecule has 0 bridgehead atoms. The molecule has 1 aliphatic rings. The molecule has 118 valence electrons. The van der Waals surface area contributed by atoms with Gasteiger partial charge in [-0.3, -0.25) is 14.5 Å². The summed E-state index contributed by atoms with van der Waals surface area (Å²) in [5.74, 6) is -0.131. The number of anilines is 2. The van der Waals surface area contributed by atoms with Crippen LogP contribution < -0.4 is 10.2 Å². The van der Waals surface area contributed by atoms with Crippen LogP contribution in [0.1, 0.15) is 31.0 Å². The van der Waals surface area contributed by atoms with Crippen LogP contribution in [0.5, 0.6) is 0 Å². The summed E-state index contributed by atoms with van der Waals surface area (Å²) in [6, 6.07) is 14.5. The second-order valence-corrected chi connectivity index (χ2v) is 6.00. The lowest BCUT2D eigenvalue weighted by molar-refractivity contribution is -0.124. The zero-order valence-corrected chi connectivity index (χ0v) is 13.5. The lowest BCUT2D eigenvalue weighted by Gasteiger charge is -2.38. The van der Waals surface area contributed by atoms with E-state index in [1.165, 1.54) is 6.92 Å². The molecule has 0 fully saturated rings. The van der Waals surface area contributed by atoms with Gasteiger partial charge in [0.1, 0.15) is 6.04 Å². The largest absolute Gasteiger partial charge is 0.368 e. The summed E-state index contributed by atoms with van der Waals surface area (Å²) >= 11 is 0. The van der Waals surface area contributed by atoms with Crippen molar-refractivity contribution in [1.29, 1.82) is 0 Å². The molecule has 0 spiro atoms. The van der Waals surface area contributed by atoms with Crippen LogP contribution in [0, 0.1) is 6.92 Å². The summed E-state index contributed by atoms with van der Waals surface area (Å²) in [5.41, 5.74) is 3.64. The monoisotopic (exact) mass is 308 g/mol. The summed E-state index contributed by atoms with van der Waals surface area (Å²) in [7, 11) is 0. The molecule has 4 nitrogen and oxygen atoms in total. The molecule has 0 saturated heterocycles. The number of ketones is 1. The SMILES string of the molecule is CC(=O)C(C)N1C(=O)C(c2ccccc2)Nc2cc(C)ccc21. The quantitative estimate of drug-likeness (QED) is 0.944. The van der Waals surface area contributed by atoms with Crippen molar-refractivity contribution in [1.82, 2.24) is 0 Å². The van der Waals surface area contributed by atoms with Crippen molar-refractivity contribution in [3.63, 3.8) is 0 Å². The van der Waals surface area contributed by atoms with Gasteiger partial charge in [-0.15, -0.1) is 0 Å². The summed E-state index contributed by atoms with van der Waals surface area (Å²) in [6.45, 7) is 5.30. The van der Waals surface area contributed by atoms with Crippen LogP contribution in [0.15, 0.2) is 48.5 Å². The first-order valence-corrected chi connectivity index (χ1v) is 7.74. The van der Waals surface area contributed by atoms with Gasteiger partial charge in [-0.1, -0.05) is 36.4 Å². The van der Waals surface area contributed by atoms with Crippen molar-refractivity contribution in [3.05, 3.63) is 59.7 Å². The van der Waals surface area contributed by atoms with Crippen molar-refractivity contribution in [2.45, 2.75) is 32.9 Å². The molecule has 2 aromatic rings. The molecular formula is C19H20N2O2. The van der Waals surface area contributed by atoms with Crippen molar-refractivity contribution in [2.75, 3.05) is 10.2 Å². The van der Waals surface area contributed by atoms with Crippen LogP contribution >= 0.6 is 0 Å². The summed E-state index contributed by atoms with van der Waals surface area (Å²) in [5, 5.41) is 3.33. The van der Waals surface area contributed by atoms with Gasteiger partial charge in [-0.2, -0.15) is 0 Å². The molecule has 1 amide bonds. The molecule has 23 heavy (non-hydrogen) atoms. The van der Waals surface area contributed by atoms with Gasteiger partial charge in [0.25, 0.3) is 5.91 Å². The first-order valence-electron chi connectivity index (χ1n) is 7.74. The van der Waals surface area contributed by atoms with Crippen LogP contribution in [0.4, 0.5) is 11.4 Å². The highest BCUT2D eigenvalue weighted by Crippen LogP contribution is 2.38. The number of nitrogens with one attached hydrogen (secondary N) is 1. The maximum atomic E-state index is 13.0. The number of aryl methyl sites for hydroxylation is 1. The Balaban J connectivity index is 2.11. The van der Waals surface area contributed by atoms with Gasteiger partial charge in [-0.05, 0) is 44.0 Å². The van der Waals surface area contributed by atoms with Gasteiger partial charge in [0, 0.05) is 0 Å². The maximum Gasteiger partial charge on any atom is 0.254 e. The number of rotatable bonds is 3. The van der Waals surface area contributed by atoms with E-state index in [1.807, 2.05) is 55.5 Å². The predicted molar refractivity (Wildman–Crippen MR) is 91.6 cm³/mol. The van der Waals surface area contributed by atoms with Crippen LogP contribution in [0.2, 0.25) is 0 Å². The summed E-state index contributed by atoms with van der Waals surface area (Å²) in [4.78, 5) is 26.5. The second kappa shape index (κ2) is 5.88. The van der Waals surface area contributed by atoms with E-state index >= 15 is 0 Å². The van der Waals surface area contributed by atoms with E-state index in [1.54, 1.807) is 11.8 Å². The van der Waals surface area contributed by atoms with E-state index in [2.05, 4.69) is 5.32 Å². The van der Waals surface area contributed by atoms with Gasteiger partial charge in [-0.25, -0.2) is 0 Å². The average Bonchev–Trinajstić information content (AvgIpc) is 2.54. The Hall–Kier alpha value is -2.62. The number of Topliss-reactive ketones (excluding diaryl/α,β-unsaturated/α-hetero) is 1. The zero-order chi connectivity index (χ0) is 16.6. The lowest BCUT2D eigenvalue weighted by atomic mass is 9.98. The number of hydrogen-bond acceptors (Lipinski definition) is 3. The van der Waals surface area contributed by atoms with Crippen LogP contribution in [-0.4, -0.2) is 17.7 Å². The van der Waals surface area contributed by atoms with Gasteiger partial charge in [0.2, 0.25) is 0 Å². The fourth-order valence-electron chi connectivity index (χ4n) is 2.90. The highest BCUT2D eigenvalue weighted by atomic mass is 16.2. The molecular weight excluding hydrogens is 288 g/mol. The minimum Gasteiger partial charge on any atom is -0.368 e. The number of carbonyl (C=O) groups excluding carboxylic acids is 2. The highest BCUT2D eigenvalue weighted by Gasteiger charge is 2.37. The Bertz CT molecular complexity index is 755. The molecule has 4 heteroatoms. The molecule has 1 heterocycles. The minimum absolute atomic E-state index is 0.0291. The Labute approximate surface area is 136 Å². The Morgan fingerprint density at radius 3 is 2.52 bits per heavy atom. The van der Waals surface area contributed by atoms with Gasteiger partial charge in [0.05, 0.1) is 17.4 Å². The van der Waals surface area contributed by atoms with E-state index in [0.717, 1.165) is 22.5 Å². The maximum absolute atomic E-state index is 13.0. The van der Waals surface area contributed by atoms with E-state index in [0.29, 0.717) is 0 Å². The molecule has 1 N–H and O–H groups in total. The molecule has 1 aliphatic heterocycles. The van der Waals surface area contributed by atoms with Gasteiger partial charge in [0.15, 0.2) is 5.78 Å². The Kier molecular flexibility index (Phi) is 3.90. The van der Waals surface area contributed by atoms with E-state index in [9.17, 15) is 9.59 Å². The third kappa shape index (κ3) is 2.72. The normalized spacial score (nSPS) is 18.1. The summed E-state index contributed by atoms with van der Waals surface area (Å²) < 4.78 is 0. The van der Waals surface area contributed by atoms with Crippen LogP contribution in [-0.2, 0) is 9.59 Å². The molecule has 2 unspecified atom stereocenters. The number of nitrogens with zero attached hydrogens (tertiary/aromatic N) is 1. The number of hydrogen-bond donors (Lipinski definition) is 1. The molecule has 0 radical (unpaired) electrons. The number of benzene rings is 2. The topological polar surface area (TPSA) is 49.4 Å². The van der Waals surface area contributed by atoms with Crippen molar-refractivity contribution in [2.24, 2.45) is 0 Å².